The molecule has 2 aliphatic rings. The third-order valence-electron chi connectivity index (χ3n) is 5.54. The Morgan fingerprint density at radius 2 is 2.07 bits per heavy atom. The highest BCUT2D eigenvalue weighted by Gasteiger charge is 2.35. The first-order valence-corrected chi connectivity index (χ1v) is 10.6. The minimum absolute atomic E-state index is 0.125. The van der Waals surface area contributed by atoms with Gasteiger partial charge < -0.3 is 15.5 Å². The number of nitrogens with zero attached hydrogens (tertiary/aromatic N) is 2. The summed E-state index contributed by atoms with van der Waals surface area (Å²) in [6.07, 6.45) is 2.96. The molecule has 4 rings (SSSR count). The molecule has 8 nitrogen and oxygen atoms in total. The number of H-pyrrole nitrogens is 1. The second-order valence-electron chi connectivity index (χ2n) is 7.59. The van der Waals surface area contributed by atoms with Gasteiger partial charge in [0.2, 0.25) is 17.8 Å². The Bertz CT molecular complexity index is 1070. The molecule has 10 heteroatoms. The fourth-order valence-electron chi connectivity index (χ4n) is 3.95. The van der Waals surface area contributed by atoms with Crippen molar-refractivity contribution >= 4 is 52.5 Å². The Hall–Kier alpha value is -2.58. The molecular weight excluding hydrogens is 429 g/mol. The molecule has 2 aromatic rings. The minimum atomic E-state index is -0.993. The van der Waals surface area contributed by atoms with E-state index < -0.39 is 17.4 Å². The van der Waals surface area contributed by atoms with Gasteiger partial charge in [0.15, 0.2) is 0 Å². The zero-order valence-electron chi connectivity index (χ0n) is 16.3. The van der Waals surface area contributed by atoms with Crippen molar-refractivity contribution in [1.29, 1.82) is 0 Å². The van der Waals surface area contributed by atoms with E-state index in [1.807, 2.05) is 4.90 Å². The summed E-state index contributed by atoms with van der Waals surface area (Å²) in [4.78, 5) is 47.5. The maximum Gasteiger partial charge on any atom is 0.258 e. The number of anilines is 3. The SMILES string of the molecule is C[C@@H]1CCCCN1c1nc2c(c(=O)[nH]1)[C@@H](C(=O)Nc1cccc(Cl)c1Cl)CC(=O)N2. The number of amides is 2. The number of hydrogen-bond donors (Lipinski definition) is 3. The first-order valence-electron chi connectivity index (χ1n) is 9.80. The summed E-state index contributed by atoms with van der Waals surface area (Å²) in [7, 11) is 0. The molecule has 2 atom stereocenters. The van der Waals surface area contributed by atoms with Gasteiger partial charge in [-0.15, -0.1) is 0 Å². The highest BCUT2D eigenvalue weighted by Crippen LogP contribution is 2.34. The van der Waals surface area contributed by atoms with Gasteiger partial charge in [-0.2, -0.15) is 4.98 Å². The van der Waals surface area contributed by atoms with Gasteiger partial charge in [-0.25, -0.2) is 0 Å². The van der Waals surface area contributed by atoms with Crippen molar-refractivity contribution < 1.29 is 9.59 Å². The number of piperidine rings is 1. The standard InChI is InChI=1S/C20H21Cl2N5O3/c1-10-5-2-3-8-27(10)20-25-17-15(19(30)26-20)11(9-14(28)24-17)18(29)23-13-7-4-6-12(21)16(13)22/h4,6-7,10-11H,2-3,5,8-9H2,1H3,(H,23,29)(H2,24,25,26,28,30)/t10-,11+/m1/s1. The van der Waals surface area contributed by atoms with E-state index in [4.69, 9.17) is 23.2 Å². The number of aromatic amines is 1. The smallest absolute Gasteiger partial charge is 0.258 e. The minimum Gasteiger partial charge on any atom is -0.340 e. The van der Waals surface area contributed by atoms with Crippen molar-refractivity contribution in [2.45, 2.75) is 44.6 Å². The molecule has 2 aliphatic heterocycles. The lowest BCUT2D eigenvalue weighted by Crippen LogP contribution is -2.42. The number of rotatable bonds is 3. The number of fused-ring (bicyclic) bond motifs is 1. The number of nitrogens with one attached hydrogen (secondary N) is 3. The van der Waals surface area contributed by atoms with E-state index in [0.29, 0.717) is 11.6 Å². The molecule has 1 aromatic carbocycles. The van der Waals surface area contributed by atoms with Crippen molar-refractivity contribution in [3.8, 4) is 0 Å². The van der Waals surface area contributed by atoms with Gasteiger partial charge in [0, 0.05) is 19.0 Å². The Balaban J connectivity index is 1.68. The maximum atomic E-state index is 12.9. The largest absolute Gasteiger partial charge is 0.340 e. The number of hydrogen-bond acceptors (Lipinski definition) is 5. The van der Waals surface area contributed by atoms with Crippen LogP contribution >= 0.6 is 23.2 Å². The monoisotopic (exact) mass is 449 g/mol. The molecule has 0 unspecified atom stereocenters. The Morgan fingerprint density at radius 1 is 1.27 bits per heavy atom. The van der Waals surface area contributed by atoms with Crippen LogP contribution in [0.3, 0.4) is 0 Å². The third-order valence-corrected chi connectivity index (χ3v) is 6.36. The Morgan fingerprint density at radius 3 is 2.83 bits per heavy atom. The van der Waals surface area contributed by atoms with Gasteiger partial charge >= 0.3 is 0 Å². The van der Waals surface area contributed by atoms with Crippen LogP contribution in [0.2, 0.25) is 10.0 Å². The number of halogens is 2. The van der Waals surface area contributed by atoms with Crippen LogP contribution in [-0.4, -0.2) is 34.4 Å². The summed E-state index contributed by atoms with van der Waals surface area (Å²) < 4.78 is 0. The molecule has 3 N–H and O–H groups in total. The number of aromatic nitrogens is 2. The third kappa shape index (κ3) is 3.89. The lowest BCUT2D eigenvalue weighted by atomic mass is 9.92. The summed E-state index contributed by atoms with van der Waals surface area (Å²) >= 11 is 12.1. The van der Waals surface area contributed by atoms with Crippen LogP contribution in [0.15, 0.2) is 23.0 Å². The summed E-state index contributed by atoms with van der Waals surface area (Å²) in [5, 5.41) is 5.79. The van der Waals surface area contributed by atoms with Crippen molar-refractivity contribution in [2.24, 2.45) is 0 Å². The van der Waals surface area contributed by atoms with Crippen LogP contribution in [0.25, 0.3) is 0 Å². The molecule has 0 radical (unpaired) electrons. The van der Waals surface area contributed by atoms with Gasteiger partial charge in [0.1, 0.15) is 5.82 Å². The van der Waals surface area contributed by atoms with Crippen LogP contribution in [-0.2, 0) is 9.59 Å². The number of carbonyl (C=O) groups is 2. The van der Waals surface area contributed by atoms with Gasteiger partial charge in [0.25, 0.3) is 5.56 Å². The zero-order valence-corrected chi connectivity index (χ0v) is 17.8. The first-order chi connectivity index (χ1) is 14.3. The maximum absolute atomic E-state index is 12.9. The molecule has 1 fully saturated rings. The summed E-state index contributed by atoms with van der Waals surface area (Å²) in [5.41, 5.74) is 0.00799. The molecule has 2 amide bonds. The number of carbonyl (C=O) groups excluding carboxylic acids is 2. The normalized spacial score (nSPS) is 21.0. The predicted octanol–water partition coefficient (Wildman–Crippen LogP) is 3.52. The Labute approximate surface area is 183 Å². The molecular formula is C20H21Cl2N5O3. The molecule has 3 heterocycles. The predicted molar refractivity (Wildman–Crippen MR) is 117 cm³/mol. The van der Waals surface area contributed by atoms with Crippen LogP contribution in [0.1, 0.15) is 44.1 Å². The summed E-state index contributed by atoms with van der Waals surface area (Å²) in [6.45, 7) is 2.84. The first kappa shape index (κ1) is 20.7. The second kappa shape index (κ2) is 8.28. The summed E-state index contributed by atoms with van der Waals surface area (Å²) in [6, 6.07) is 5.06. The average molecular weight is 450 g/mol. The van der Waals surface area contributed by atoms with E-state index in [-0.39, 0.29) is 39.8 Å². The van der Waals surface area contributed by atoms with Crippen molar-refractivity contribution in [3.05, 3.63) is 44.2 Å². The van der Waals surface area contributed by atoms with Gasteiger partial charge in [-0.1, -0.05) is 29.3 Å². The molecule has 30 heavy (non-hydrogen) atoms. The average Bonchev–Trinajstić information content (AvgIpc) is 2.70. The van der Waals surface area contributed by atoms with Gasteiger partial charge in [-0.3, -0.25) is 19.4 Å². The molecule has 158 valence electrons. The lowest BCUT2D eigenvalue weighted by molar-refractivity contribution is -0.123. The fraction of sp³-hybridized carbons (Fsp3) is 0.400. The lowest BCUT2D eigenvalue weighted by Gasteiger charge is -2.34. The highest BCUT2D eigenvalue weighted by atomic mass is 35.5. The van der Waals surface area contributed by atoms with E-state index in [1.165, 1.54) is 0 Å². The van der Waals surface area contributed by atoms with Crippen LogP contribution in [0.5, 0.6) is 0 Å². The highest BCUT2D eigenvalue weighted by molar-refractivity contribution is 6.44. The fourth-order valence-corrected chi connectivity index (χ4v) is 4.30. The van der Waals surface area contributed by atoms with E-state index in [2.05, 4.69) is 27.5 Å². The zero-order chi connectivity index (χ0) is 21.4. The van der Waals surface area contributed by atoms with E-state index in [0.717, 1.165) is 25.8 Å². The molecule has 0 aliphatic carbocycles. The quantitative estimate of drug-likeness (QED) is 0.664. The van der Waals surface area contributed by atoms with Crippen LogP contribution < -0.4 is 21.1 Å². The number of benzene rings is 1. The van der Waals surface area contributed by atoms with Crippen molar-refractivity contribution in [3.63, 3.8) is 0 Å². The Kier molecular flexibility index (Phi) is 5.71. The van der Waals surface area contributed by atoms with E-state index >= 15 is 0 Å². The van der Waals surface area contributed by atoms with Crippen molar-refractivity contribution in [1.82, 2.24) is 9.97 Å². The molecule has 0 spiro atoms. The molecule has 0 saturated carbocycles. The second-order valence-corrected chi connectivity index (χ2v) is 8.37. The summed E-state index contributed by atoms with van der Waals surface area (Å²) in [5.74, 6) is -1.37. The van der Waals surface area contributed by atoms with Gasteiger partial charge in [-0.05, 0) is 38.3 Å². The topological polar surface area (TPSA) is 107 Å². The molecule has 1 aromatic heterocycles. The molecule has 1 saturated heterocycles. The van der Waals surface area contributed by atoms with E-state index in [1.54, 1.807) is 18.2 Å². The molecule has 0 bridgehead atoms. The van der Waals surface area contributed by atoms with Crippen LogP contribution in [0, 0.1) is 0 Å². The van der Waals surface area contributed by atoms with Crippen LogP contribution in [0.4, 0.5) is 17.5 Å². The van der Waals surface area contributed by atoms with Crippen molar-refractivity contribution in [2.75, 3.05) is 22.1 Å². The van der Waals surface area contributed by atoms with E-state index in [9.17, 15) is 14.4 Å². The van der Waals surface area contributed by atoms with Gasteiger partial charge in [0.05, 0.1) is 27.2 Å².